The molecular weight excluding hydrogens is 284 g/mol. The van der Waals surface area contributed by atoms with Crippen LogP contribution in [-0.4, -0.2) is 17.6 Å². The Morgan fingerprint density at radius 2 is 2.10 bits per heavy atom. The quantitative estimate of drug-likeness (QED) is 0.902. The van der Waals surface area contributed by atoms with Crippen molar-refractivity contribution in [3.8, 4) is 0 Å². The molecule has 1 aliphatic heterocycles. The number of carbonyl (C=O) groups is 2. The van der Waals surface area contributed by atoms with Crippen LogP contribution in [0.1, 0.15) is 37.7 Å². The van der Waals surface area contributed by atoms with Crippen LogP contribution in [0.3, 0.4) is 0 Å². The Morgan fingerprint density at radius 3 is 2.90 bits per heavy atom. The van der Waals surface area contributed by atoms with Gasteiger partial charge >= 0.3 is 0 Å². The maximum atomic E-state index is 12.1. The first-order valence-electron chi connectivity index (χ1n) is 7.55. The van der Waals surface area contributed by atoms with Gasteiger partial charge in [0, 0.05) is 17.4 Å². The van der Waals surface area contributed by atoms with Gasteiger partial charge in [0.05, 0.1) is 11.4 Å². The highest BCUT2D eigenvalue weighted by Crippen LogP contribution is 2.32. The Balaban J connectivity index is 1.59. The summed E-state index contributed by atoms with van der Waals surface area (Å²) < 4.78 is 0. The topological polar surface area (TPSA) is 58.2 Å². The maximum absolute atomic E-state index is 12.1. The number of hydrogen-bond acceptors (Lipinski definition) is 3. The van der Waals surface area contributed by atoms with Crippen molar-refractivity contribution in [2.24, 2.45) is 5.92 Å². The monoisotopic (exact) mass is 304 g/mol. The second kappa shape index (κ2) is 6.52. The standard InChI is InChI=1S/C16H20N2O2S/c19-15-10-21-14-7-6-11(8-13(14)18-15)9-17-16(20)12-4-2-1-3-5-12/h6-8,12H,1-5,9-10H2,(H,17,20)(H,18,19). The molecule has 5 heteroatoms. The van der Waals surface area contributed by atoms with Gasteiger partial charge in [0.25, 0.3) is 0 Å². The van der Waals surface area contributed by atoms with E-state index in [0.29, 0.717) is 12.3 Å². The molecule has 1 heterocycles. The number of fused-ring (bicyclic) bond motifs is 1. The van der Waals surface area contributed by atoms with Crippen LogP contribution in [0.25, 0.3) is 0 Å². The Bertz CT molecular complexity index is 553. The van der Waals surface area contributed by atoms with Crippen molar-refractivity contribution in [1.82, 2.24) is 5.32 Å². The normalized spacial score (nSPS) is 18.8. The summed E-state index contributed by atoms with van der Waals surface area (Å²) in [7, 11) is 0. The lowest BCUT2D eigenvalue weighted by molar-refractivity contribution is -0.126. The molecule has 3 rings (SSSR count). The highest BCUT2D eigenvalue weighted by molar-refractivity contribution is 8.00. The third-order valence-corrected chi connectivity index (χ3v) is 5.19. The predicted molar refractivity (Wildman–Crippen MR) is 84.2 cm³/mol. The summed E-state index contributed by atoms with van der Waals surface area (Å²) in [6.07, 6.45) is 5.62. The van der Waals surface area contributed by atoms with Crippen LogP contribution in [-0.2, 0) is 16.1 Å². The van der Waals surface area contributed by atoms with Crippen molar-refractivity contribution in [1.29, 1.82) is 0 Å². The zero-order chi connectivity index (χ0) is 14.7. The number of amides is 2. The molecule has 112 valence electrons. The van der Waals surface area contributed by atoms with Gasteiger partial charge in [0.15, 0.2) is 0 Å². The van der Waals surface area contributed by atoms with Crippen molar-refractivity contribution in [2.75, 3.05) is 11.1 Å². The first-order chi connectivity index (χ1) is 10.2. The molecule has 0 spiro atoms. The molecule has 0 unspecified atom stereocenters. The van der Waals surface area contributed by atoms with Crippen LogP contribution in [0.5, 0.6) is 0 Å². The van der Waals surface area contributed by atoms with Crippen LogP contribution in [0, 0.1) is 5.92 Å². The summed E-state index contributed by atoms with van der Waals surface area (Å²) in [6, 6.07) is 5.99. The summed E-state index contributed by atoms with van der Waals surface area (Å²) in [6.45, 7) is 0.531. The van der Waals surface area contributed by atoms with Crippen molar-refractivity contribution < 1.29 is 9.59 Å². The van der Waals surface area contributed by atoms with Gasteiger partial charge in [-0.15, -0.1) is 11.8 Å². The lowest BCUT2D eigenvalue weighted by Gasteiger charge is -2.21. The highest BCUT2D eigenvalue weighted by atomic mass is 32.2. The number of thioether (sulfide) groups is 1. The Kier molecular flexibility index (Phi) is 4.48. The lowest BCUT2D eigenvalue weighted by atomic mass is 9.88. The molecule has 2 N–H and O–H groups in total. The maximum Gasteiger partial charge on any atom is 0.234 e. The Labute approximate surface area is 129 Å². The predicted octanol–water partition coefficient (Wildman–Crippen LogP) is 2.93. The molecule has 0 atom stereocenters. The van der Waals surface area contributed by atoms with Crippen LogP contribution >= 0.6 is 11.8 Å². The van der Waals surface area contributed by atoms with Crippen molar-refractivity contribution in [3.05, 3.63) is 23.8 Å². The summed E-state index contributed by atoms with van der Waals surface area (Å²) in [5.74, 6) is 0.874. The number of carbonyl (C=O) groups excluding carboxylic acids is 2. The van der Waals surface area contributed by atoms with Crippen LogP contribution in [0.4, 0.5) is 5.69 Å². The van der Waals surface area contributed by atoms with Crippen molar-refractivity contribution in [3.63, 3.8) is 0 Å². The molecule has 1 aromatic rings. The SMILES string of the molecule is O=C1CSc2ccc(CNC(=O)C3CCCCC3)cc2N1. The number of rotatable bonds is 3. The van der Waals surface area contributed by atoms with Crippen LogP contribution in [0.15, 0.2) is 23.1 Å². The van der Waals surface area contributed by atoms with Gasteiger partial charge < -0.3 is 10.6 Å². The first-order valence-corrected chi connectivity index (χ1v) is 8.54. The van der Waals surface area contributed by atoms with Gasteiger partial charge in [-0.25, -0.2) is 0 Å². The summed E-state index contributed by atoms with van der Waals surface area (Å²) >= 11 is 1.55. The minimum absolute atomic E-state index is 0.0379. The van der Waals surface area contributed by atoms with E-state index < -0.39 is 0 Å². The zero-order valence-electron chi connectivity index (χ0n) is 12.0. The second-order valence-corrected chi connectivity index (χ2v) is 6.74. The number of nitrogens with one attached hydrogen (secondary N) is 2. The molecule has 0 saturated heterocycles. The molecule has 0 bridgehead atoms. The van der Waals surface area contributed by atoms with E-state index in [2.05, 4.69) is 10.6 Å². The van der Waals surface area contributed by atoms with Gasteiger partial charge in [0.2, 0.25) is 11.8 Å². The van der Waals surface area contributed by atoms with E-state index in [1.54, 1.807) is 11.8 Å². The minimum atomic E-state index is 0.0379. The van der Waals surface area contributed by atoms with Crippen LogP contribution < -0.4 is 10.6 Å². The van der Waals surface area contributed by atoms with E-state index in [9.17, 15) is 9.59 Å². The third kappa shape index (κ3) is 3.59. The molecule has 0 radical (unpaired) electrons. The minimum Gasteiger partial charge on any atom is -0.352 e. The van der Waals surface area contributed by atoms with Crippen molar-refractivity contribution in [2.45, 2.75) is 43.5 Å². The molecule has 1 fully saturated rings. The fourth-order valence-corrected chi connectivity index (χ4v) is 3.73. The Hall–Kier alpha value is -1.49. The molecule has 0 aromatic heterocycles. The number of hydrogen-bond donors (Lipinski definition) is 2. The second-order valence-electron chi connectivity index (χ2n) is 5.72. The molecule has 1 aromatic carbocycles. The smallest absolute Gasteiger partial charge is 0.234 e. The van der Waals surface area contributed by atoms with Gasteiger partial charge in [-0.05, 0) is 30.5 Å². The third-order valence-electron chi connectivity index (χ3n) is 4.12. The summed E-state index contributed by atoms with van der Waals surface area (Å²) in [5.41, 5.74) is 1.89. The molecule has 2 amide bonds. The molecule has 21 heavy (non-hydrogen) atoms. The molecule has 1 aliphatic carbocycles. The summed E-state index contributed by atoms with van der Waals surface area (Å²) in [4.78, 5) is 24.6. The Morgan fingerprint density at radius 1 is 1.29 bits per heavy atom. The van der Waals surface area contributed by atoms with E-state index in [-0.39, 0.29) is 17.7 Å². The first kappa shape index (κ1) is 14.4. The molecule has 2 aliphatic rings. The fraction of sp³-hybridized carbons (Fsp3) is 0.500. The van der Waals surface area contributed by atoms with Gasteiger partial charge in [-0.1, -0.05) is 25.3 Å². The summed E-state index contributed by atoms with van der Waals surface area (Å²) in [5, 5.41) is 5.91. The average molecular weight is 304 g/mol. The van der Waals surface area contributed by atoms with E-state index in [0.717, 1.165) is 29.0 Å². The molecular formula is C16H20N2O2S. The largest absolute Gasteiger partial charge is 0.352 e. The lowest BCUT2D eigenvalue weighted by Crippen LogP contribution is -2.31. The van der Waals surface area contributed by atoms with Crippen molar-refractivity contribution >= 4 is 29.3 Å². The van der Waals surface area contributed by atoms with E-state index in [1.807, 2.05) is 18.2 Å². The zero-order valence-corrected chi connectivity index (χ0v) is 12.8. The van der Waals surface area contributed by atoms with Gasteiger partial charge in [0.1, 0.15) is 0 Å². The fourth-order valence-electron chi connectivity index (χ4n) is 2.94. The highest BCUT2D eigenvalue weighted by Gasteiger charge is 2.21. The average Bonchev–Trinajstić information content (AvgIpc) is 2.53. The number of anilines is 1. The molecule has 1 saturated carbocycles. The number of benzene rings is 1. The molecule has 4 nitrogen and oxygen atoms in total. The van der Waals surface area contributed by atoms with E-state index >= 15 is 0 Å². The van der Waals surface area contributed by atoms with Gasteiger partial charge in [-0.2, -0.15) is 0 Å². The van der Waals surface area contributed by atoms with Crippen LogP contribution in [0.2, 0.25) is 0 Å². The van der Waals surface area contributed by atoms with E-state index in [1.165, 1.54) is 19.3 Å². The van der Waals surface area contributed by atoms with E-state index in [4.69, 9.17) is 0 Å². The van der Waals surface area contributed by atoms with Gasteiger partial charge in [-0.3, -0.25) is 9.59 Å².